The molecule has 0 aliphatic heterocycles. The van der Waals surface area contributed by atoms with Crippen LogP contribution in [0.1, 0.15) is 0 Å². The molecule has 0 fully saturated rings. The Kier molecular flexibility index (Phi) is 2.38. The van der Waals surface area contributed by atoms with Crippen LogP contribution in [0.25, 0.3) is 0 Å². The van der Waals surface area contributed by atoms with Crippen LogP contribution >= 0.6 is 8.38 Å². The fourth-order valence-electron chi connectivity index (χ4n) is 0. The second-order valence-electron chi connectivity index (χ2n) is 0.503. The Hall–Kier alpha value is 0.0900. The van der Waals surface area contributed by atoms with Crippen LogP contribution in [0.15, 0.2) is 12.4 Å². The third kappa shape index (κ3) is 4.09. The lowest BCUT2D eigenvalue weighted by Crippen LogP contribution is -1.51. The van der Waals surface area contributed by atoms with Crippen LogP contribution in [-0.2, 0) is 0 Å². The highest BCUT2D eigenvalue weighted by Crippen LogP contribution is 2.21. The first-order chi connectivity index (χ1) is 2.27. The van der Waals surface area contributed by atoms with Gasteiger partial charge in [-0.2, -0.15) is 0 Å². The molecule has 0 aliphatic carbocycles. The molecule has 0 aromatic carbocycles. The Morgan fingerprint density at radius 3 is 1.80 bits per heavy atom. The van der Waals surface area contributed by atoms with Crippen LogP contribution in [0.2, 0.25) is 0 Å². The summed E-state index contributed by atoms with van der Waals surface area (Å²) in [6, 6.07) is 0. The van der Waals surface area contributed by atoms with Crippen molar-refractivity contribution in [2.24, 2.45) is 0 Å². The van der Waals surface area contributed by atoms with Gasteiger partial charge in [-0.15, -0.1) is 0 Å². The van der Waals surface area contributed by atoms with E-state index in [0.29, 0.717) is 0 Å². The lowest BCUT2D eigenvalue weighted by molar-refractivity contribution is 0.496. The molecule has 30 valence electrons. The molecule has 0 atom stereocenters. The highest BCUT2D eigenvalue weighted by Gasteiger charge is 1.78. The highest BCUT2D eigenvalue weighted by atomic mass is 31.2. The standard InChI is InChI=1S/C2H5O2P/c1-2-5(3)4/h2-4H,1H2. The Bertz CT molecular complexity index is 34.6. The smallest absolute Gasteiger partial charge is 0.191 e. The fourth-order valence-corrected chi connectivity index (χ4v) is 0. The topological polar surface area (TPSA) is 40.5 Å². The SMILES string of the molecule is C=CP(O)O. The summed E-state index contributed by atoms with van der Waals surface area (Å²) in [5.41, 5.74) is 0. The van der Waals surface area contributed by atoms with Gasteiger partial charge in [0.05, 0.1) is 0 Å². The average molecular weight is 92.0 g/mol. The van der Waals surface area contributed by atoms with E-state index in [2.05, 4.69) is 6.58 Å². The van der Waals surface area contributed by atoms with Gasteiger partial charge in [-0.25, -0.2) is 0 Å². The van der Waals surface area contributed by atoms with Gasteiger partial charge < -0.3 is 9.79 Å². The van der Waals surface area contributed by atoms with E-state index < -0.39 is 8.38 Å². The zero-order chi connectivity index (χ0) is 4.28. The zero-order valence-corrected chi connectivity index (χ0v) is 3.52. The number of hydrogen-bond donors (Lipinski definition) is 2. The summed E-state index contributed by atoms with van der Waals surface area (Å²) in [4.78, 5) is 15.7. The summed E-state index contributed by atoms with van der Waals surface area (Å²) in [7, 11) is -1.83. The molecule has 0 aliphatic rings. The molecule has 2 N–H and O–H groups in total. The molecule has 0 radical (unpaired) electrons. The fraction of sp³-hybridized carbons (Fsp3) is 0. The van der Waals surface area contributed by atoms with E-state index in [4.69, 9.17) is 9.79 Å². The molecule has 0 aromatic rings. The van der Waals surface area contributed by atoms with Crippen LogP contribution in [-0.4, -0.2) is 9.79 Å². The van der Waals surface area contributed by atoms with E-state index in [1.165, 1.54) is 0 Å². The van der Waals surface area contributed by atoms with Gasteiger partial charge in [0.2, 0.25) is 0 Å². The summed E-state index contributed by atoms with van der Waals surface area (Å²) in [5.74, 6) is 1.09. The molecule has 0 rings (SSSR count). The van der Waals surface area contributed by atoms with E-state index in [9.17, 15) is 0 Å². The molecule has 0 spiro atoms. The van der Waals surface area contributed by atoms with Crippen molar-refractivity contribution in [2.75, 3.05) is 0 Å². The largest absolute Gasteiger partial charge is 0.347 e. The lowest BCUT2D eigenvalue weighted by Gasteiger charge is -1.82. The second kappa shape index (κ2) is 2.33. The quantitative estimate of drug-likeness (QED) is 0.460. The Balaban J connectivity index is 2.83. The third-order valence-electron chi connectivity index (χ3n) is 0.163. The Labute approximate surface area is 31.7 Å². The van der Waals surface area contributed by atoms with Gasteiger partial charge >= 0.3 is 0 Å². The highest BCUT2D eigenvalue weighted by molar-refractivity contribution is 7.48. The summed E-state index contributed by atoms with van der Waals surface area (Å²) in [6.07, 6.45) is 0. The minimum Gasteiger partial charge on any atom is -0.347 e. The van der Waals surface area contributed by atoms with Gasteiger partial charge in [-0.3, -0.25) is 0 Å². The van der Waals surface area contributed by atoms with E-state index in [0.717, 1.165) is 5.82 Å². The summed E-state index contributed by atoms with van der Waals surface area (Å²) >= 11 is 0. The minimum atomic E-state index is -1.83. The number of hydrogen-bond acceptors (Lipinski definition) is 2. The lowest BCUT2D eigenvalue weighted by atomic mass is 11.3. The molecule has 0 bridgehead atoms. The molecule has 3 heteroatoms. The third-order valence-corrected chi connectivity index (χ3v) is 0.490. The molecule has 2 nitrogen and oxygen atoms in total. The molecule has 0 amide bonds. The predicted molar refractivity (Wildman–Crippen MR) is 21.6 cm³/mol. The molecule has 0 saturated heterocycles. The molecular formula is C2H5O2P. The molecule has 0 unspecified atom stereocenters. The van der Waals surface area contributed by atoms with Crippen LogP contribution in [0, 0.1) is 0 Å². The van der Waals surface area contributed by atoms with Crippen LogP contribution in [0.3, 0.4) is 0 Å². The van der Waals surface area contributed by atoms with Gasteiger partial charge in [-0.1, -0.05) is 6.58 Å². The number of rotatable bonds is 1. The second-order valence-corrected chi connectivity index (χ2v) is 1.51. The van der Waals surface area contributed by atoms with Crippen molar-refractivity contribution in [3.8, 4) is 0 Å². The van der Waals surface area contributed by atoms with Crippen molar-refractivity contribution in [2.45, 2.75) is 0 Å². The first kappa shape index (κ1) is 5.09. The van der Waals surface area contributed by atoms with Gasteiger partial charge in [-0.05, 0) is 5.82 Å². The molecule has 0 aromatic heterocycles. The molecule has 5 heavy (non-hydrogen) atoms. The molecular weight excluding hydrogens is 87.0 g/mol. The first-order valence-electron chi connectivity index (χ1n) is 1.07. The van der Waals surface area contributed by atoms with E-state index in [1.54, 1.807) is 0 Å². The summed E-state index contributed by atoms with van der Waals surface area (Å²) < 4.78 is 0. The maximum Gasteiger partial charge on any atom is 0.191 e. The van der Waals surface area contributed by atoms with Gasteiger partial charge in [0, 0.05) is 0 Å². The van der Waals surface area contributed by atoms with Crippen molar-refractivity contribution in [1.29, 1.82) is 0 Å². The van der Waals surface area contributed by atoms with Crippen molar-refractivity contribution in [3.63, 3.8) is 0 Å². The van der Waals surface area contributed by atoms with Crippen molar-refractivity contribution in [3.05, 3.63) is 12.4 Å². The van der Waals surface area contributed by atoms with Crippen molar-refractivity contribution < 1.29 is 9.79 Å². The normalized spacial score (nSPS) is 8.60. The van der Waals surface area contributed by atoms with E-state index in [1.807, 2.05) is 0 Å². The summed E-state index contributed by atoms with van der Waals surface area (Å²) in [5, 5.41) is 0. The monoisotopic (exact) mass is 92.0 g/mol. The van der Waals surface area contributed by atoms with Crippen molar-refractivity contribution >= 4 is 8.38 Å². The maximum atomic E-state index is 7.86. The minimum absolute atomic E-state index is 1.09. The zero-order valence-electron chi connectivity index (χ0n) is 2.63. The Morgan fingerprint density at radius 2 is 1.80 bits per heavy atom. The van der Waals surface area contributed by atoms with Gasteiger partial charge in [0.1, 0.15) is 0 Å². The average Bonchev–Trinajstić information content (AvgIpc) is 1.38. The molecule has 0 heterocycles. The predicted octanol–water partition coefficient (Wildman–Crippen LogP) is 0.426. The van der Waals surface area contributed by atoms with E-state index >= 15 is 0 Å². The maximum absolute atomic E-state index is 7.86. The van der Waals surface area contributed by atoms with Crippen LogP contribution in [0.4, 0.5) is 0 Å². The van der Waals surface area contributed by atoms with Crippen LogP contribution < -0.4 is 0 Å². The van der Waals surface area contributed by atoms with Crippen LogP contribution in [0.5, 0.6) is 0 Å². The van der Waals surface area contributed by atoms with Gasteiger partial charge in [0.25, 0.3) is 0 Å². The van der Waals surface area contributed by atoms with Gasteiger partial charge in [0.15, 0.2) is 8.38 Å². The van der Waals surface area contributed by atoms with E-state index in [-0.39, 0.29) is 0 Å². The molecule has 0 saturated carbocycles. The Morgan fingerprint density at radius 1 is 1.60 bits per heavy atom. The first-order valence-corrected chi connectivity index (χ1v) is 2.38. The van der Waals surface area contributed by atoms with Crippen molar-refractivity contribution in [1.82, 2.24) is 0 Å². The summed E-state index contributed by atoms with van der Waals surface area (Å²) in [6.45, 7) is 3.09.